The molecule has 1 saturated heterocycles. The number of para-hydroxylation sites is 1. The van der Waals surface area contributed by atoms with E-state index in [1.807, 2.05) is 54.6 Å². The van der Waals surface area contributed by atoms with Gasteiger partial charge in [-0.1, -0.05) is 77.8 Å². The number of carbonyl (C=O) groups is 1. The van der Waals surface area contributed by atoms with Gasteiger partial charge >= 0.3 is 0 Å². The summed E-state index contributed by atoms with van der Waals surface area (Å²) >= 11 is 13.5. The van der Waals surface area contributed by atoms with Gasteiger partial charge in [0.05, 0.1) is 20.6 Å². The minimum atomic E-state index is -0.227. The molecule has 1 aliphatic rings. The highest BCUT2D eigenvalue weighted by atomic mass is 35.5. The zero-order valence-electron chi connectivity index (χ0n) is 15.6. The molecule has 0 bridgehead atoms. The molecule has 0 aromatic heterocycles. The largest absolute Gasteiger partial charge is 0.488 e. The van der Waals surface area contributed by atoms with E-state index in [0.717, 1.165) is 11.1 Å². The van der Waals surface area contributed by atoms with Crippen molar-refractivity contribution in [3.63, 3.8) is 0 Å². The third-order valence-corrected chi connectivity index (χ3v) is 5.97. The predicted octanol–water partition coefficient (Wildman–Crippen LogP) is 6.46. The Balaban J connectivity index is 1.54. The van der Waals surface area contributed by atoms with Gasteiger partial charge in [0.1, 0.15) is 12.4 Å². The molecule has 150 valence electrons. The van der Waals surface area contributed by atoms with Gasteiger partial charge in [0.25, 0.3) is 5.91 Å². The average Bonchev–Trinajstić information content (AvgIpc) is 3.10. The van der Waals surface area contributed by atoms with Crippen molar-refractivity contribution in [1.82, 2.24) is 5.32 Å². The second kappa shape index (κ2) is 9.39. The van der Waals surface area contributed by atoms with Crippen molar-refractivity contribution in [3.8, 4) is 5.75 Å². The lowest BCUT2D eigenvalue weighted by atomic mass is 10.2. The van der Waals surface area contributed by atoms with Crippen molar-refractivity contribution in [2.24, 2.45) is 4.99 Å². The van der Waals surface area contributed by atoms with Crippen LogP contribution in [-0.2, 0) is 11.4 Å². The summed E-state index contributed by atoms with van der Waals surface area (Å²) in [6, 6.07) is 22.7. The summed E-state index contributed by atoms with van der Waals surface area (Å²) in [4.78, 5) is 17.4. The van der Waals surface area contributed by atoms with E-state index in [0.29, 0.717) is 38.2 Å². The minimum Gasteiger partial charge on any atom is -0.488 e. The van der Waals surface area contributed by atoms with Crippen LogP contribution >= 0.6 is 35.0 Å². The summed E-state index contributed by atoms with van der Waals surface area (Å²) in [7, 11) is 0. The molecule has 0 atom stereocenters. The van der Waals surface area contributed by atoms with Crippen LogP contribution in [0.2, 0.25) is 10.0 Å². The van der Waals surface area contributed by atoms with Crippen LogP contribution < -0.4 is 10.1 Å². The number of thioether (sulfide) groups is 1. The van der Waals surface area contributed by atoms with E-state index in [2.05, 4.69) is 10.3 Å². The average molecular weight is 455 g/mol. The minimum absolute atomic E-state index is 0.227. The molecular formula is C23H16Cl2N2O2S. The molecule has 0 saturated carbocycles. The third-order valence-electron chi connectivity index (χ3n) is 4.25. The van der Waals surface area contributed by atoms with Gasteiger partial charge in [-0.25, -0.2) is 4.99 Å². The summed E-state index contributed by atoms with van der Waals surface area (Å²) in [6.07, 6.45) is 1.79. The maximum absolute atomic E-state index is 12.4. The van der Waals surface area contributed by atoms with Crippen molar-refractivity contribution < 1.29 is 9.53 Å². The Kier molecular flexibility index (Phi) is 6.43. The molecular weight excluding hydrogens is 439 g/mol. The zero-order chi connectivity index (χ0) is 20.9. The van der Waals surface area contributed by atoms with Gasteiger partial charge < -0.3 is 10.1 Å². The highest BCUT2D eigenvalue weighted by Crippen LogP contribution is 2.35. The number of amidine groups is 1. The first kappa shape index (κ1) is 20.5. The highest BCUT2D eigenvalue weighted by molar-refractivity contribution is 8.18. The van der Waals surface area contributed by atoms with E-state index in [1.165, 1.54) is 11.8 Å². The third kappa shape index (κ3) is 4.87. The number of rotatable bonds is 5. The van der Waals surface area contributed by atoms with Gasteiger partial charge in [-0.05, 0) is 41.6 Å². The molecule has 0 radical (unpaired) electrons. The summed E-state index contributed by atoms with van der Waals surface area (Å²) in [5.74, 6) is 0.472. The van der Waals surface area contributed by atoms with Gasteiger partial charge in [-0.3, -0.25) is 4.79 Å². The molecule has 3 aromatic rings. The molecule has 0 unspecified atom stereocenters. The molecule has 3 aromatic carbocycles. The number of halogens is 2. The van der Waals surface area contributed by atoms with Gasteiger partial charge in [-0.15, -0.1) is 0 Å². The molecule has 1 N–H and O–H groups in total. The Morgan fingerprint density at radius 3 is 2.57 bits per heavy atom. The monoisotopic (exact) mass is 454 g/mol. The van der Waals surface area contributed by atoms with E-state index < -0.39 is 0 Å². The van der Waals surface area contributed by atoms with E-state index in [-0.39, 0.29) is 5.91 Å². The molecule has 7 heteroatoms. The quantitative estimate of drug-likeness (QED) is 0.449. The first-order chi connectivity index (χ1) is 14.6. The Morgan fingerprint density at radius 1 is 0.967 bits per heavy atom. The molecule has 1 heterocycles. The fourth-order valence-corrected chi connectivity index (χ4v) is 3.94. The van der Waals surface area contributed by atoms with Crippen LogP contribution in [0.3, 0.4) is 0 Å². The molecule has 4 rings (SSSR count). The number of ether oxygens (including phenoxy) is 1. The first-order valence-corrected chi connectivity index (χ1v) is 10.7. The van der Waals surface area contributed by atoms with E-state index in [9.17, 15) is 4.79 Å². The molecule has 1 fully saturated rings. The smallest absolute Gasteiger partial charge is 0.264 e. The molecule has 0 spiro atoms. The molecule has 30 heavy (non-hydrogen) atoms. The standard InChI is InChI=1S/C23H16Cl2N2O2S/c24-17-10-6-11-18(21(17)25)26-23-27-22(28)20(30-23)13-16-9-4-5-12-19(16)29-14-15-7-2-1-3-8-15/h1-13H,14H2,(H,26,27,28)/b20-13+. The Bertz CT molecular complexity index is 1150. The van der Waals surface area contributed by atoms with Crippen LogP contribution in [0, 0.1) is 0 Å². The van der Waals surface area contributed by atoms with Crippen molar-refractivity contribution in [3.05, 3.63) is 98.9 Å². The Labute approximate surface area is 188 Å². The fourth-order valence-electron chi connectivity index (χ4n) is 2.78. The SMILES string of the molecule is O=C1NC(=Nc2cccc(Cl)c2Cl)S/C1=C/c1ccccc1OCc1ccccc1. The maximum atomic E-state index is 12.4. The van der Waals surface area contributed by atoms with Crippen LogP contribution in [0.4, 0.5) is 5.69 Å². The van der Waals surface area contributed by atoms with Gasteiger partial charge in [0.2, 0.25) is 0 Å². The number of hydrogen-bond acceptors (Lipinski definition) is 4. The number of benzene rings is 3. The molecule has 1 amide bonds. The van der Waals surface area contributed by atoms with Gasteiger partial charge in [0.15, 0.2) is 5.17 Å². The van der Waals surface area contributed by atoms with Crippen LogP contribution in [-0.4, -0.2) is 11.1 Å². The fraction of sp³-hybridized carbons (Fsp3) is 0.0435. The summed E-state index contributed by atoms with van der Waals surface area (Å²) in [6.45, 7) is 0.445. The van der Waals surface area contributed by atoms with Crippen molar-refractivity contribution in [2.75, 3.05) is 0 Å². The van der Waals surface area contributed by atoms with Gasteiger partial charge in [-0.2, -0.15) is 0 Å². The van der Waals surface area contributed by atoms with E-state index in [1.54, 1.807) is 24.3 Å². The van der Waals surface area contributed by atoms with Crippen molar-refractivity contribution in [2.45, 2.75) is 6.61 Å². The lowest BCUT2D eigenvalue weighted by molar-refractivity contribution is -0.115. The zero-order valence-corrected chi connectivity index (χ0v) is 18.0. The summed E-state index contributed by atoms with van der Waals surface area (Å²) in [5.41, 5.74) is 2.38. The van der Waals surface area contributed by atoms with Crippen LogP contribution in [0.25, 0.3) is 6.08 Å². The lowest BCUT2D eigenvalue weighted by Crippen LogP contribution is -2.19. The summed E-state index contributed by atoms with van der Waals surface area (Å²) in [5, 5.41) is 3.96. The lowest BCUT2D eigenvalue weighted by Gasteiger charge is -2.09. The molecule has 0 aliphatic carbocycles. The number of aliphatic imine (C=N–C) groups is 1. The normalized spacial score (nSPS) is 16.1. The van der Waals surface area contributed by atoms with Crippen molar-refractivity contribution >= 4 is 57.8 Å². The summed E-state index contributed by atoms with van der Waals surface area (Å²) < 4.78 is 5.97. The molecule has 4 nitrogen and oxygen atoms in total. The molecule has 1 aliphatic heterocycles. The number of nitrogens with one attached hydrogen (secondary N) is 1. The maximum Gasteiger partial charge on any atom is 0.264 e. The number of nitrogens with zero attached hydrogens (tertiary/aromatic N) is 1. The number of amides is 1. The number of hydrogen-bond donors (Lipinski definition) is 1. The predicted molar refractivity (Wildman–Crippen MR) is 124 cm³/mol. The Hall–Kier alpha value is -2.73. The highest BCUT2D eigenvalue weighted by Gasteiger charge is 2.24. The van der Waals surface area contributed by atoms with Crippen molar-refractivity contribution in [1.29, 1.82) is 0 Å². The van der Waals surface area contributed by atoms with Gasteiger partial charge in [0, 0.05) is 5.56 Å². The second-order valence-electron chi connectivity index (χ2n) is 6.37. The number of carbonyl (C=O) groups excluding carboxylic acids is 1. The first-order valence-electron chi connectivity index (χ1n) is 9.09. The second-order valence-corrected chi connectivity index (χ2v) is 8.18. The Morgan fingerprint density at radius 2 is 1.73 bits per heavy atom. The van der Waals surface area contributed by atoms with Crippen LogP contribution in [0.5, 0.6) is 5.75 Å². The van der Waals surface area contributed by atoms with E-state index in [4.69, 9.17) is 27.9 Å². The van der Waals surface area contributed by atoms with Crippen LogP contribution in [0.1, 0.15) is 11.1 Å². The van der Waals surface area contributed by atoms with Crippen LogP contribution in [0.15, 0.2) is 82.7 Å². The van der Waals surface area contributed by atoms with E-state index >= 15 is 0 Å². The topological polar surface area (TPSA) is 50.7 Å².